The number of benzene rings is 1. The third-order valence-electron chi connectivity index (χ3n) is 2.68. The molecule has 19 heavy (non-hydrogen) atoms. The third-order valence-corrected chi connectivity index (χ3v) is 3.29. The molecule has 0 atom stereocenters. The molecule has 1 aromatic heterocycles. The molecule has 0 spiro atoms. The van der Waals surface area contributed by atoms with Gasteiger partial charge >= 0.3 is 0 Å². The molecule has 2 aromatic rings. The van der Waals surface area contributed by atoms with Crippen molar-refractivity contribution < 1.29 is 4.92 Å². The monoisotopic (exact) mass is 323 g/mol. The van der Waals surface area contributed by atoms with Crippen LogP contribution in [0.5, 0.6) is 0 Å². The molecule has 1 heterocycles. The van der Waals surface area contributed by atoms with E-state index in [-0.39, 0.29) is 23.5 Å². The van der Waals surface area contributed by atoms with Crippen LogP contribution in [-0.2, 0) is 6.54 Å². The molecule has 2 rings (SSSR count). The molecule has 0 aliphatic carbocycles. The number of nitrogens with two attached hydrogens (primary N) is 1. The summed E-state index contributed by atoms with van der Waals surface area (Å²) >= 11 is 3.14. The van der Waals surface area contributed by atoms with E-state index in [1.165, 1.54) is 10.6 Å². The Morgan fingerprint density at radius 2 is 2.05 bits per heavy atom. The maximum atomic E-state index is 11.8. The van der Waals surface area contributed by atoms with Gasteiger partial charge in [-0.3, -0.25) is 14.9 Å². The number of pyridine rings is 1. The Morgan fingerprint density at radius 1 is 1.32 bits per heavy atom. The number of nitrogens with zero attached hydrogens (tertiary/aromatic N) is 2. The van der Waals surface area contributed by atoms with Gasteiger partial charge < -0.3 is 10.3 Å². The lowest BCUT2D eigenvalue weighted by atomic mass is 10.1. The topological polar surface area (TPSA) is 91.2 Å². The quantitative estimate of drug-likeness (QED) is 0.532. The van der Waals surface area contributed by atoms with Gasteiger partial charge in [-0.05, 0) is 28.1 Å². The summed E-state index contributed by atoms with van der Waals surface area (Å²) in [6, 6.07) is 7.89. The smallest absolute Gasteiger partial charge is 0.292 e. The first-order valence-corrected chi connectivity index (χ1v) is 6.16. The molecule has 98 valence electrons. The van der Waals surface area contributed by atoms with E-state index in [0.29, 0.717) is 10.0 Å². The van der Waals surface area contributed by atoms with Crippen LogP contribution >= 0.6 is 15.9 Å². The average Bonchev–Trinajstić information content (AvgIpc) is 2.37. The summed E-state index contributed by atoms with van der Waals surface area (Å²) in [7, 11) is 0. The van der Waals surface area contributed by atoms with Crippen molar-refractivity contribution in [1.29, 1.82) is 0 Å². The highest BCUT2D eigenvalue weighted by molar-refractivity contribution is 9.10. The molecule has 2 N–H and O–H groups in total. The predicted molar refractivity (Wildman–Crippen MR) is 75.0 cm³/mol. The highest BCUT2D eigenvalue weighted by Gasteiger charge is 2.14. The van der Waals surface area contributed by atoms with E-state index in [1.54, 1.807) is 30.5 Å². The second kappa shape index (κ2) is 5.23. The predicted octanol–water partition coefficient (Wildman–Crippen LogP) is 2.15. The van der Waals surface area contributed by atoms with Crippen LogP contribution in [0.25, 0.3) is 0 Å². The zero-order chi connectivity index (χ0) is 14.0. The highest BCUT2D eigenvalue weighted by Crippen LogP contribution is 2.25. The van der Waals surface area contributed by atoms with Crippen LogP contribution in [0.15, 0.2) is 45.8 Å². The molecule has 0 radical (unpaired) electrons. The van der Waals surface area contributed by atoms with E-state index in [1.807, 2.05) is 0 Å². The maximum Gasteiger partial charge on any atom is 0.292 e. The minimum atomic E-state index is -0.539. The van der Waals surface area contributed by atoms with E-state index in [4.69, 9.17) is 5.73 Å². The number of hydrogen-bond donors (Lipinski definition) is 1. The number of hydrogen-bond acceptors (Lipinski definition) is 4. The van der Waals surface area contributed by atoms with Crippen LogP contribution in [0, 0.1) is 10.1 Å². The normalized spacial score (nSPS) is 10.4. The Hall–Kier alpha value is -2.15. The fourth-order valence-corrected chi connectivity index (χ4v) is 2.09. The number of anilines is 1. The van der Waals surface area contributed by atoms with Crippen molar-refractivity contribution in [3.05, 3.63) is 67.0 Å². The minimum Gasteiger partial charge on any atom is -0.393 e. The third kappa shape index (κ3) is 2.65. The lowest BCUT2D eigenvalue weighted by Gasteiger charge is -2.08. The van der Waals surface area contributed by atoms with Crippen molar-refractivity contribution in [1.82, 2.24) is 4.57 Å². The summed E-state index contributed by atoms with van der Waals surface area (Å²) in [6.07, 6.45) is 1.60. The second-order valence-corrected chi connectivity index (χ2v) is 4.75. The molecule has 0 aliphatic rings. The average molecular weight is 324 g/mol. The summed E-state index contributed by atoms with van der Waals surface area (Å²) in [4.78, 5) is 22.1. The molecule has 6 nitrogen and oxygen atoms in total. The van der Waals surface area contributed by atoms with Crippen molar-refractivity contribution in [3.63, 3.8) is 0 Å². The molecule has 0 bridgehead atoms. The van der Waals surface area contributed by atoms with Gasteiger partial charge in [0.1, 0.15) is 5.69 Å². The largest absolute Gasteiger partial charge is 0.393 e. The van der Waals surface area contributed by atoms with E-state index >= 15 is 0 Å². The minimum absolute atomic E-state index is 0.0828. The van der Waals surface area contributed by atoms with Crippen molar-refractivity contribution in [2.45, 2.75) is 6.54 Å². The number of nitrogen functional groups attached to an aromatic ring is 1. The summed E-state index contributed by atoms with van der Waals surface area (Å²) in [5, 5.41) is 10.8. The summed E-state index contributed by atoms with van der Waals surface area (Å²) < 4.78 is 1.86. The second-order valence-electron chi connectivity index (χ2n) is 3.90. The van der Waals surface area contributed by atoms with E-state index < -0.39 is 4.92 Å². The van der Waals surface area contributed by atoms with Crippen molar-refractivity contribution in [2.75, 3.05) is 5.73 Å². The Balaban J connectivity index is 2.45. The van der Waals surface area contributed by atoms with Gasteiger partial charge in [-0.25, -0.2) is 0 Å². The number of aromatic nitrogens is 1. The molecule has 7 heteroatoms. The van der Waals surface area contributed by atoms with E-state index in [0.717, 1.165) is 0 Å². The molecular weight excluding hydrogens is 314 g/mol. The first-order chi connectivity index (χ1) is 9.00. The van der Waals surface area contributed by atoms with E-state index in [9.17, 15) is 14.9 Å². The van der Waals surface area contributed by atoms with Crippen LogP contribution < -0.4 is 11.3 Å². The standard InChI is InChI=1S/C12H10BrN3O3/c13-9-4-2-6-15(12(9)17)7-8-3-1-5-10(11(8)14)16(18)19/h1-6H,7,14H2. The molecular formula is C12H10BrN3O3. The molecule has 0 saturated carbocycles. The Labute approximate surface area is 116 Å². The Bertz CT molecular complexity index is 697. The van der Waals surface area contributed by atoms with Crippen LogP contribution in [0.2, 0.25) is 0 Å². The Morgan fingerprint density at radius 3 is 2.74 bits per heavy atom. The Kier molecular flexibility index (Phi) is 3.66. The van der Waals surface area contributed by atoms with Gasteiger partial charge in [0.2, 0.25) is 0 Å². The number of nitro groups is 1. The molecule has 1 aromatic carbocycles. The van der Waals surface area contributed by atoms with Crippen LogP contribution in [0.1, 0.15) is 5.56 Å². The van der Waals surface area contributed by atoms with Crippen LogP contribution in [0.4, 0.5) is 11.4 Å². The number of para-hydroxylation sites is 1. The maximum absolute atomic E-state index is 11.8. The van der Waals surface area contributed by atoms with Gasteiger partial charge in [0.25, 0.3) is 11.2 Å². The zero-order valence-electron chi connectivity index (χ0n) is 9.75. The van der Waals surface area contributed by atoms with E-state index in [2.05, 4.69) is 15.9 Å². The van der Waals surface area contributed by atoms with Gasteiger partial charge in [0.05, 0.1) is 15.9 Å². The molecule has 0 saturated heterocycles. The fraction of sp³-hybridized carbons (Fsp3) is 0.0833. The zero-order valence-corrected chi connectivity index (χ0v) is 11.3. The first kappa shape index (κ1) is 13.3. The van der Waals surface area contributed by atoms with Crippen molar-refractivity contribution >= 4 is 27.3 Å². The summed E-state index contributed by atoms with van der Waals surface area (Å²) in [6.45, 7) is 0.186. The van der Waals surface area contributed by atoms with Gasteiger partial charge in [-0.2, -0.15) is 0 Å². The number of rotatable bonds is 3. The molecule has 0 unspecified atom stereocenters. The van der Waals surface area contributed by atoms with Gasteiger partial charge in [0, 0.05) is 17.8 Å². The lowest BCUT2D eigenvalue weighted by Crippen LogP contribution is -2.20. The van der Waals surface area contributed by atoms with Crippen LogP contribution in [0.3, 0.4) is 0 Å². The molecule has 0 amide bonds. The SMILES string of the molecule is Nc1c(Cn2cccc(Br)c2=O)cccc1[N+](=O)[O-]. The van der Waals surface area contributed by atoms with Crippen LogP contribution in [-0.4, -0.2) is 9.49 Å². The number of nitro benzene ring substituents is 1. The number of halogens is 1. The lowest BCUT2D eigenvalue weighted by molar-refractivity contribution is -0.383. The van der Waals surface area contributed by atoms with Gasteiger partial charge in [0.15, 0.2) is 0 Å². The van der Waals surface area contributed by atoms with Crippen molar-refractivity contribution in [2.24, 2.45) is 0 Å². The fourth-order valence-electron chi connectivity index (χ4n) is 1.71. The van der Waals surface area contributed by atoms with Gasteiger partial charge in [-0.15, -0.1) is 0 Å². The first-order valence-electron chi connectivity index (χ1n) is 5.37. The van der Waals surface area contributed by atoms with Crippen molar-refractivity contribution in [3.8, 4) is 0 Å². The van der Waals surface area contributed by atoms with Gasteiger partial charge in [-0.1, -0.05) is 12.1 Å². The highest BCUT2D eigenvalue weighted by atomic mass is 79.9. The molecule has 0 aliphatic heterocycles. The summed E-state index contributed by atoms with van der Waals surface area (Å²) in [5.74, 6) is 0. The molecule has 0 fully saturated rings. The summed E-state index contributed by atoms with van der Waals surface area (Å²) in [5.41, 5.74) is 6.00.